The third kappa shape index (κ3) is 5.63. The smallest absolute Gasteiger partial charge is 0.234 e. The summed E-state index contributed by atoms with van der Waals surface area (Å²) in [6.07, 6.45) is 17.1. The number of hydrogen-bond donors (Lipinski definition) is 0. The molecule has 2 aromatic carbocycles. The molecule has 5 heteroatoms. The molecular weight excluding hydrogens is 514 g/mol. The quantitative estimate of drug-likeness (QED) is 0.143. The van der Waals surface area contributed by atoms with Crippen molar-refractivity contribution in [2.24, 2.45) is 0 Å². The van der Waals surface area contributed by atoms with Crippen LogP contribution in [0.1, 0.15) is 29.7 Å². The summed E-state index contributed by atoms with van der Waals surface area (Å²) in [5, 5.41) is 1.18. The van der Waals surface area contributed by atoms with Gasteiger partial charge < -0.3 is 4.90 Å². The molecule has 5 aromatic rings. The highest BCUT2D eigenvalue weighted by Gasteiger charge is 2.22. The molecule has 5 nitrogen and oxygen atoms in total. The minimum Gasteiger partial charge on any atom is -0.333 e. The second kappa shape index (κ2) is 12.9. The topological polar surface area (TPSA) is 46.8 Å². The Balaban J connectivity index is 0.000000830. The summed E-state index contributed by atoms with van der Waals surface area (Å²) < 4.78 is 2.08. The highest BCUT2D eigenvalue weighted by atomic mass is 15.2. The van der Waals surface area contributed by atoms with Gasteiger partial charge in [-0.2, -0.15) is 0 Å². The van der Waals surface area contributed by atoms with Gasteiger partial charge in [0.25, 0.3) is 0 Å². The SMILES string of the molecule is C=CC=C.C=CCCC1=Cc2cc(-c3ccccc3)ncc2N(c2cnc(-n3c(C=C)c(C)c4ccccc43)nc2)C1. The molecule has 0 bridgehead atoms. The van der Waals surface area contributed by atoms with Gasteiger partial charge in [-0.25, -0.2) is 9.97 Å². The minimum absolute atomic E-state index is 0.630. The molecule has 1 aliphatic heterocycles. The third-order valence-electron chi connectivity index (χ3n) is 7.34. The maximum absolute atomic E-state index is 4.83. The normalized spacial score (nSPS) is 12.0. The lowest BCUT2D eigenvalue weighted by Crippen LogP contribution is -2.24. The first-order valence-electron chi connectivity index (χ1n) is 14.0. The van der Waals surface area contributed by atoms with Gasteiger partial charge in [0.15, 0.2) is 0 Å². The standard InChI is InChI=1S/C33H29N5.C4H6/c1-4-6-12-24-17-26-18-29(25-13-8-7-9-14-25)34-21-32(26)37(22-24)27-19-35-33(36-20-27)38-30(5-2)23(3)28-15-10-11-16-31(28)38;1-3-4-2/h4-5,7-11,13-21H,1-2,6,12,22H2,3H3;3-4H,1-2H2. The second-order valence-corrected chi connectivity index (χ2v) is 9.99. The monoisotopic (exact) mass is 549 g/mol. The summed E-state index contributed by atoms with van der Waals surface area (Å²) in [7, 11) is 0. The van der Waals surface area contributed by atoms with Crippen LogP contribution in [0.4, 0.5) is 11.4 Å². The van der Waals surface area contributed by atoms with Gasteiger partial charge in [-0.3, -0.25) is 9.55 Å². The number of aryl methyl sites for hydroxylation is 1. The van der Waals surface area contributed by atoms with Crippen molar-refractivity contribution in [3.63, 3.8) is 0 Å². The minimum atomic E-state index is 0.630. The van der Waals surface area contributed by atoms with Crippen LogP contribution in [0.3, 0.4) is 0 Å². The number of allylic oxidation sites excluding steroid dienone is 3. The van der Waals surface area contributed by atoms with Gasteiger partial charge in [0.1, 0.15) is 0 Å². The number of benzene rings is 2. The average molecular weight is 550 g/mol. The van der Waals surface area contributed by atoms with E-state index in [1.54, 1.807) is 12.2 Å². The summed E-state index contributed by atoms with van der Waals surface area (Å²) in [6, 6.07) is 20.8. The van der Waals surface area contributed by atoms with E-state index >= 15 is 0 Å². The molecule has 0 saturated carbocycles. The van der Waals surface area contributed by atoms with Crippen LogP contribution in [0.25, 0.3) is 40.3 Å². The summed E-state index contributed by atoms with van der Waals surface area (Å²) >= 11 is 0. The molecule has 4 heterocycles. The van der Waals surface area contributed by atoms with Crippen molar-refractivity contribution >= 4 is 34.4 Å². The van der Waals surface area contributed by atoms with Crippen LogP contribution in [-0.4, -0.2) is 26.1 Å². The van der Waals surface area contributed by atoms with E-state index in [0.717, 1.165) is 58.8 Å². The predicted octanol–water partition coefficient (Wildman–Crippen LogP) is 9.29. The zero-order valence-corrected chi connectivity index (χ0v) is 24.1. The Bertz CT molecular complexity index is 1770. The maximum Gasteiger partial charge on any atom is 0.234 e. The van der Waals surface area contributed by atoms with E-state index in [0.29, 0.717) is 5.95 Å². The fourth-order valence-corrected chi connectivity index (χ4v) is 5.24. The van der Waals surface area contributed by atoms with Crippen molar-refractivity contribution in [2.45, 2.75) is 19.8 Å². The Labute approximate surface area is 248 Å². The fourth-order valence-electron chi connectivity index (χ4n) is 5.24. The molecule has 6 rings (SSSR count). The lowest BCUT2D eigenvalue weighted by molar-refractivity contribution is 0.889. The number of aromatic nitrogens is 4. The summed E-state index contributed by atoms with van der Waals surface area (Å²) in [6.45, 7) is 17.6. The van der Waals surface area contributed by atoms with Crippen LogP contribution < -0.4 is 4.90 Å². The third-order valence-corrected chi connectivity index (χ3v) is 7.34. The number of nitrogens with zero attached hydrogens (tertiary/aromatic N) is 5. The molecule has 0 amide bonds. The molecule has 0 atom stereocenters. The predicted molar refractivity (Wildman–Crippen MR) is 178 cm³/mol. The van der Waals surface area contributed by atoms with Crippen LogP contribution in [0.2, 0.25) is 0 Å². The Hall–Kier alpha value is -5.29. The molecule has 0 N–H and O–H groups in total. The number of hydrogen-bond acceptors (Lipinski definition) is 4. The second-order valence-electron chi connectivity index (χ2n) is 9.99. The molecule has 0 spiro atoms. The van der Waals surface area contributed by atoms with Crippen LogP contribution in [0.15, 0.2) is 129 Å². The van der Waals surface area contributed by atoms with Crippen LogP contribution in [-0.2, 0) is 0 Å². The van der Waals surface area contributed by atoms with Crippen LogP contribution in [0, 0.1) is 6.92 Å². The van der Waals surface area contributed by atoms with Crippen molar-refractivity contribution in [3.8, 4) is 17.2 Å². The summed E-state index contributed by atoms with van der Waals surface area (Å²) in [4.78, 5) is 16.7. The first-order chi connectivity index (χ1) is 20.6. The van der Waals surface area contributed by atoms with Gasteiger partial charge in [0.05, 0.1) is 46.9 Å². The van der Waals surface area contributed by atoms with Gasteiger partial charge in [-0.1, -0.05) is 92.6 Å². The molecule has 0 unspecified atom stereocenters. The first-order valence-corrected chi connectivity index (χ1v) is 14.0. The average Bonchev–Trinajstić information content (AvgIpc) is 3.34. The molecule has 1 aliphatic rings. The number of fused-ring (bicyclic) bond motifs is 2. The van der Waals surface area contributed by atoms with Crippen molar-refractivity contribution in [3.05, 3.63) is 146 Å². The van der Waals surface area contributed by atoms with E-state index in [1.807, 2.05) is 55.0 Å². The van der Waals surface area contributed by atoms with Crippen LogP contribution >= 0.6 is 0 Å². The zero-order chi connectivity index (χ0) is 29.5. The van der Waals surface area contributed by atoms with Gasteiger partial charge in [-0.05, 0) is 49.1 Å². The number of para-hydroxylation sites is 1. The molecule has 42 heavy (non-hydrogen) atoms. The highest BCUT2D eigenvalue weighted by molar-refractivity contribution is 5.89. The molecule has 0 saturated heterocycles. The van der Waals surface area contributed by atoms with E-state index < -0.39 is 0 Å². The highest BCUT2D eigenvalue weighted by Crippen LogP contribution is 2.37. The first kappa shape index (κ1) is 28.2. The Morgan fingerprint density at radius 3 is 2.26 bits per heavy atom. The van der Waals surface area contributed by atoms with Gasteiger partial charge in [0, 0.05) is 23.1 Å². The van der Waals surface area contributed by atoms with Gasteiger partial charge >= 0.3 is 0 Å². The van der Waals surface area contributed by atoms with E-state index in [4.69, 9.17) is 15.0 Å². The maximum atomic E-state index is 4.83. The van der Waals surface area contributed by atoms with Crippen molar-refractivity contribution in [1.29, 1.82) is 0 Å². The number of anilines is 2. The van der Waals surface area contributed by atoms with Crippen molar-refractivity contribution < 1.29 is 0 Å². The molecule has 0 aliphatic carbocycles. The van der Waals surface area contributed by atoms with Crippen LogP contribution in [0.5, 0.6) is 0 Å². The molecule has 3 aromatic heterocycles. The lowest BCUT2D eigenvalue weighted by Gasteiger charge is -2.31. The van der Waals surface area contributed by atoms with Crippen molar-refractivity contribution in [2.75, 3.05) is 11.4 Å². The van der Waals surface area contributed by atoms with E-state index in [9.17, 15) is 0 Å². The molecule has 0 fully saturated rings. The summed E-state index contributed by atoms with van der Waals surface area (Å²) in [5.41, 5.74) is 9.79. The Morgan fingerprint density at radius 2 is 1.57 bits per heavy atom. The number of pyridine rings is 1. The van der Waals surface area contributed by atoms with E-state index in [1.165, 1.54) is 16.5 Å². The zero-order valence-electron chi connectivity index (χ0n) is 24.1. The molecule has 0 radical (unpaired) electrons. The lowest BCUT2D eigenvalue weighted by atomic mass is 9.98. The number of rotatable bonds is 8. The fraction of sp³-hybridized carbons (Fsp3) is 0.108. The van der Waals surface area contributed by atoms with Crippen molar-refractivity contribution in [1.82, 2.24) is 19.5 Å². The van der Waals surface area contributed by atoms with Gasteiger partial charge in [0.2, 0.25) is 5.95 Å². The summed E-state index contributed by atoms with van der Waals surface area (Å²) in [5.74, 6) is 0.630. The molecular formula is C37H35N5. The van der Waals surface area contributed by atoms with E-state index in [-0.39, 0.29) is 0 Å². The Kier molecular flexibility index (Phi) is 8.69. The largest absolute Gasteiger partial charge is 0.333 e. The van der Waals surface area contributed by atoms with Gasteiger partial charge in [-0.15, -0.1) is 6.58 Å². The van der Waals surface area contributed by atoms with E-state index in [2.05, 4.69) is 85.2 Å². The Morgan fingerprint density at radius 1 is 0.857 bits per heavy atom. The molecule has 208 valence electrons.